The standard InChI is InChI=1S/C18H22O2/c1-2-3-9-17-15(12-19)10-11-16(13-20)18(17)14-7-5-4-6-8-14/h4-8,10-11,19-20H,2-3,9,12-13H2,1H3. The fourth-order valence-electron chi connectivity index (χ4n) is 2.62. The van der Waals surface area contributed by atoms with Gasteiger partial charge < -0.3 is 10.2 Å². The van der Waals surface area contributed by atoms with Gasteiger partial charge >= 0.3 is 0 Å². The Bertz CT molecular complexity index is 547. The van der Waals surface area contributed by atoms with Crippen molar-refractivity contribution in [3.05, 3.63) is 59.2 Å². The molecule has 2 nitrogen and oxygen atoms in total. The van der Waals surface area contributed by atoms with E-state index in [0.29, 0.717) is 0 Å². The number of benzene rings is 2. The molecule has 0 fully saturated rings. The van der Waals surface area contributed by atoms with Crippen LogP contribution in [-0.2, 0) is 19.6 Å². The smallest absolute Gasteiger partial charge is 0.0687 e. The van der Waals surface area contributed by atoms with Gasteiger partial charge in [-0.3, -0.25) is 0 Å². The SMILES string of the molecule is CCCCc1c(CO)ccc(CO)c1-c1ccccc1. The maximum Gasteiger partial charge on any atom is 0.0687 e. The van der Waals surface area contributed by atoms with Gasteiger partial charge in [0.1, 0.15) is 0 Å². The molecule has 2 rings (SSSR count). The van der Waals surface area contributed by atoms with E-state index in [-0.39, 0.29) is 13.2 Å². The van der Waals surface area contributed by atoms with Crippen molar-refractivity contribution in [1.82, 2.24) is 0 Å². The first-order valence-electron chi connectivity index (χ1n) is 7.22. The highest BCUT2D eigenvalue weighted by Crippen LogP contribution is 2.31. The second-order valence-corrected chi connectivity index (χ2v) is 5.02. The number of hydrogen-bond acceptors (Lipinski definition) is 2. The van der Waals surface area contributed by atoms with Crippen LogP contribution < -0.4 is 0 Å². The number of hydrogen-bond donors (Lipinski definition) is 2. The van der Waals surface area contributed by atoms with Gasteiger partial charge in [0.05, 0.1) is 13.2 Å². The lowest BCUT2D eigenvalue weighted by Gasteiger charge is -2.17. The van der Waals surface area contributed by atoms with E-state index in [1.807, 2.05) is 30.3 Å². The molecule has 20 heavy (non-hydrogen) atoms. The molecular formula is C18H22O2. The molecule has 2 heteroatoms. The van der Waals surface area contributed by atoms with Crippen molar-refractivity contribution in [3.63, 3.8) is 0 Å². The van der Waals surface area contributed by atoms with E-state index in [4.69, 9.17) is 0 Å². The van der Waals surface area contributed by atoms with Crippen LogP contribution in [-0.4, -0.2) is 10.2 Å². The highest BCUT2D eigenvalue weighted by Gasteiger charge is 2.13. The molecule has 0 atom stereocenters. The third-order valence-electron chi connectivity index (χ3n) is 3.68. The minimum atomic E-state index is 0.0229. The van der Waals surface area contributed by atoms with Crippen LogP contribution >= 0.6 is 0 Å². The molecule has 2 N–H and O–H groups in total. The third-order valence-corrected chi connectivity index (χ3v) is 3.68. The van der Waals surface area contributed by atoms with Gasteiger partial charge in [0.2, 0.25) is 0 Å². The van der Waals surface area contributed by atoms with Gasteiger partial charge in [-0.1, -0.05) is 55.8 Å². The average Bonchev–Trinajstić information content (AvgIpc) is 2.52. The Morgan fingerprint density at radius 1 is 0.850 bits per heavy atom. The molecular weight excluding hydrogens is 248 g/mol. The minimum Gasteiger partial charge on any atom is -0.392 e. The van der Waals surface area contributed by atoms with Crippen LogP contribution in [0.5, 0.6) is 0 Å². The van der Waals surface area contributed by atoms with E-state index in [2.05, 4.69) is 19.1 Å². The Hall–Kier alpha value is -1.64. The van der Waals surface area contributed by atoms with Crippen LogP contribution in [0.2, 0.25) is 0 Å². The van der Waals surface area contributed by atoms with E-state index in [1.165, 1.54) is 5.56 Å². The molecule has 0 heterocycles. The fourth-order valence-corrected chi connectivity index (χ4v) is 2.62. The van der Waals surface area contributed by atoms with Gasteiger partial charge in [-0.05, 0) is 40.7 Å². The molecule has 0 radical (unpaired) electrons. The highest BCUT2D eigenvalue weighted by atomic mass is 16.3. The summed E-state index contributed by atoms with van der Waals surface area (Å²) in [6, 6.07) is 14.0. The predicted octanol–water partition coefficient (Wildman–Crippen LogP) is 3.68. The first-order chi connectivity index (χ1) is 9.81. The van der Waals surface area contributed by atoms with Gasteiger partial charge in [-0.25, -0.2) is 0 Å². The van der Waals surface area contributed by atoms with E-state index in [0.717, 1.165) is 41.5 Å². The Morgan fingerprint density at radius 3 is 2.10 bits per heavy atom. The summed E-state index contributed by atoms with van der Waals surface area (Å²) in [5.74, 6) is 0. The monoisotopic (exact) mass is 270 g/mol. The average molecular weight is 270 g/mol. The lowest BCUT2D eigenvalue weighted by molar-refractivity contribution is 0.277. The lowest BCUT2D eigenvalue weighted by atomic mass is 9.88. The molecule has 0 aliphatic rings. The maximum absolute atomic E-state index is 9.63. The summed E-state index contributed by atoms with van der Waals surface area (Å²) in [4.78, 5) is 0. The first-order valence-corrected chi connectivity index (χ1v) is 7.22. The van der Waals surface area contributed by atoms with Crippen molar-refractivity contribution in [2.24, 2.45) is 0 Å². The van der Waals surface area contributed by atoms with Crippen LogP contribution in [0.4, 0.5) is 0 Å². The minimum absolute atomic E-state index is 0.0229. The summed E-state index contributed by atoms with van der Waals surface area (Å²) >= 11 is 0. The van der Waals surface area contributed by atoms with Gasteiger partial charge in [-0.2, -0.15) is 0 Å². The van der Waals surface area contributed by atoms with E-state index >= 15 is 0 Å². The van der Waals surface area contributed by atoms with Crippen LogP contribution in [0.15, 0.2) is 42.5 Å². The van der Waals surface area contributed by atoms with Crippen molar-refractivity contribution >= 4 is 0 Å². The zero-order valence-corrected chi connectivity index (χ0v) is 12.0. The van der Waals surface area contributed by atoms with Crippen LogP contribution in [0.1, 0.15) is 36.5 Å². The van der Waals surface area contributed by atoms with Crippen LogP contribution in [0, 0.1) is 0 Å². The van der Waals surface area contributed by atoms with E-state index in [1.54, 1.807) is 0 Å². The molecule has 0 spiro atoms. The molecule has 0 amide bonds. The summed E-state index contributed by atoms with van der Waals surface area (Å²) in [6.45, 7) is 2.23. The molecule has 0 saturated heterocycles. The second kappa shape index (κ2) is 7.22. The molecule has 2 aromatic rings. The Morgan fingerprint density at radius 2 is 1.50 bits per heavy atom. The lowest BCUT2D eigenvalue weighted by Crippen LogP contribution is -2.02. The maximum atomic E-state index is 9.63. The molecule has 106 valence electrons. The van der Waals surface area contributed by atoms with Crippen molar-refractivity contribution in [3.8, 4) is 11.1 Å². The Balaban J connectivity index is 2.60. The molecule has 0 aliphatic heterocycles. The van der Waals surface area contributed by atoms with Crippen LogP contribution in [0.25, 0.3) is 11.1 Å². The predicted molar refractivity (Wildman–Crippen MR) is 82.3 cm³/mol. The van der Waals surface area contributed by atoms with Crippen molar-refractivity contribution in [1.29, 1.82) is 0 Å². The zero-order chi connectivity index (χ0) is 14.4. The highest BCUT2D eigenvalue weighted by molar-refractivity contribution is 5.72. The largest absolute Gasteiger partial charge is 0.392 e. The quantitative estimate of drug-likeness (QED) is 0.840. The molecule has 0 aromatic heterocycles. The van der Waals surface area contributed by atoms with Gasteiger partial charge in [0.25, 0.3) is 0 Å². The topological polar surface area (TPSA) is 40.5 Å². The number of aliphatic hydroxyl groups is 2. The van der Waals surface area contributed by atoms with Gasteiger partial charge in [0.15, 0.2) is 0 Å². The van der Waals surface area contributed by atoms with Crippen LogP contribution in [0.3, 0.4) is 0 Å². The summed E-state index contributed by atoms with van der Waals surface area (Å²) < 4.78 is 0. The summed E-state index contributed by atoms with van der Waals surface area (Å²) in [5, 5.41) is 19.2. The summed E-state index contributed by atoms with van der Waals surface area (Å²) in [6.07, 6.45) is 3.13. The van der Waals surface area contributed by atoms with Crippen molar-refractivity contribution in [2.45, 2.75) is 39.4 Å². The summed E-state index contributed by atoms with van der Waals surface area (Å²) in [7, 11) is 0. The Kier molecular flexibility index (Phi) is 5.33. The Labute approximate surface area is 120 Å². The normalized spacial score (nSPS) is 10.8. The number of rotatable bonds is 6. The van der Waals surface area contributed by atoms with E-state index in [9.17, 15) is 10.2 Å². The summed E-state index contributed by atoms with van der Waals surface area (Å²) in [5.41, 5.74) is 5.27. The fraction of sp³-hybridized carbons (Fsp3) is 0.333. The molecule has 0 unspecified atom stereocenters. The molecule has 0 saturated carbocycles. The number of unbranched alkanes of at least 4 members (excludes halogenated alkanes) is 1. The number of aliphatic hydroxyl groups excluding tert-OH is 2. The first kappa shape index (κ1) is 14.8. The van der Waals surface area contributed by atoms with E-state index < -0.39 is 0 Å². The third kappa shape index (κ3) is 3.09. The molecule has 0 bridgehead atoms. The van der Waals surface area contributed by atoms with Gasteiger partial charge in [-0.15, -0.1) is 0 Å². The second-order valence-electron chi connectivity index (χ2n) is 5.02. The van der Waals surface area contributed by atoms with Gasteiger partial charge in [0, 0.05) is 0 Å². The zero-order valence-electron chi connectivity index (χ0n) is 12.0. The molecule has 2 aromatic carbocycles. The molecule has 0 aliphatic carbocycles. The van der Waals surface area contributed by atoms with Crippen molar-refractivity contribution in [2.75, 3.05) is 0 Å². The van der Waals surface area contributed by atoms with Crippen molar-refractivity contribution < 1.29 is 10.2 Å².